The number of benzene rings is 1. The Hall–Kier alpha value is -0.820. The van der Waals surface area contributed by atoms with E-state index in [2.05, 4.69) is 13.8 Å². The van der Waals surface area contributed by atoms with Crippen LogP contribution in [0.3, 0.4) is 0 Å². The molecule has 0 aliphatic heterocycles. The second-order valence-electron chi connectivity index (χ2n) is 3.82. The molecule has 0 amide bonds. The van der Waals surface area contributed by atoms with Crippen LogP contribution in [-0.4, -0.2) is 5.11 Å². The van der Waals surface area contributed by atoms with Crippen LogP contribution in [0.1, 0.15) is 32.8 Å². The van der Waals surface area contributed by atoms with Crippen LogP contribution in [0.5, 0.6) is 0 Å². The number of hydrogen-bond acceptors (Lipinski definition) is 1. The number of hydrogen-bond donors (Lipinski definition) is 1. The normalized spacial score (nSPS) is 17.8. The van der Waals surface area contributed by atoms with Crippen molar-refractivity contribution in [1.29, 1.82) is 0 Å². The van der Waals surface area contributed by atoms with Crippen LogP contribution in [0.25, 0.3) is 0 Å². The van der Waals surface area contributed by atoms with Gasteiger partial charge < -0.3 is 5.11 Å². The molecule has 1 heteroatoms. The molecule has 13 heavy (non-hydrogen) atoms. The lowest BCUT2D eigenvalue weighted by Gasteiger charge is -2.30. The molecule has 0 aliphatic rings. The fourth-order valence-corrected chi connectivity index (χ4v) is 1.46. The summed E-state index contributed by atoms with van der Waals surface area (Å²) in [6.45, 7) is 6.06. The molecular weight excluding hydrogens is 160 g/mol. The third-order valence-electron chi connectivity index (χ3n) is 2.93. The van der Waals surface area contributed by atoms with E-state index >= 15 is 0 Å². The quantitative estimate of drug-likeness (QED) is 0.754. The van der Waals surface area contributed by atoms with E-state index in [1.54, 1.807) is 0 Å². The highest BCUT2D eigenvalue weighted by Gasteiger charge is 2.28. The van der Waals surface area contributed by atoms with Gasteiger partial charge in [-0.1, -0.05) is 50.6 Å². The summed E-state index contributed by atoms with van der Waals surface area (Å²) in [5.41, 5.74) is 0.306. The molecule has 0 saturated heterocycles. The molecule has 1 aromatic rings. The van der Waals surface area contributed by atoms with Crippen LogP contribution in [-0.2, 0) is 5.60 Å². The van der Waals surface area contributed by atoms with Crippen molar-refractivity contribution in [1.82, 2.24) is 0 Å². The van der Waals surface area contributed by atoms with Gasteiger partial charge in [0.1, 0.15) is 0 Å². The van der Waals surface area contributed by atoms with E-state index in [-0.39, 0.29) is 5.92 Å². The first-order chi connectivity index (χ1) is 6.09. The zero-order valence-corrected chi connectivity index (χ0v) is 8.62. The minimum atomic E-state index is -0.698. The summed E-state index contributed by atoms with van der Waals surface area (Å²) in [5, 5.41) is 10.3. The van der Waals surface area contributed by atoms with E-state index in [0.29, 0.717) is 0 Å². The zero-order chi connectivity index (χ0) is 9.90. The highest BCUT2D eigenvalue weighted by Crippen LogP contribution is 2.30. The van der Waals surface area contributed by atoms with Gasteiger partial charge in [-0.3, -0.25) is 0 Å². The van der Waals surface area contributed by atoms with Crippen molar-refractivity contribution in [3.63, 3.8) is 0 Å². The second-order valence-corrected chi connectivity index (χ2v) is 3.82. The second kappa shape index (κ2) is 3.93. The maximum absolute atomic E-state index is 10.3. The maximum Gasteiger partial charge on any atom is 0.0893 e. The van der Waals surface area contributed by atoms with Crippen molar-refractivity contribution < 1.29 is 5.11 Å². The monoisotopic (exact) mass is 178 g/mol. The highest BCUT2D eigenvalue weighted by atomic mass is 16.3. The highest BCUT2D eigenvalue weighted by molar-refractivity contribution is 5.21. The molecule has 0 aliphatic carbocycles. The van der Waals surface area contributed by atoms with Gasteiger partial charge in [-0.15, -0.1) is 0 Å². The molecule has 2 atom stereocenters. The number of rotatable bonds is 3. The minimum absolute atomic E-state index is 0.287. The molecule has 0 spiro atoms. The maximum atomic E-state index is 10.3. The topological polar surface area (TPSA) is 20.2 Å². The molecule has 0 aromatic heterocycles. The summed E-state index contributed by atoms with van der Waals surface area (Å²) >= 11 is 0. The third-order valence-corrected chi connectivity index (χ3v) is 2.93. The van der Waals surface area contributed by atoms with Gasteiger partial charge in [-0.2, -0.15) is 0 Å². The SMILES string of the molecule is CCC(C)C(C)(O)c1ccccc1. The van der Waals surface area contributed by atoms with Crippen molar-refractivity contribution in [2.24, 2.45) is 5.92 Å². The molecule has 72 valence electrons. The molecule has 1 N–H and O–H groups in total. The van der Waals surface area contributed by atoms with Gasteiger partial charge in [0.15, 0.2) is 0 Å². The lowest BCUT2D eigenvalue weighted by Crippen LogP contribution is -2.29. The number of aliphatic hydroxyl groups is 1. The van der Waals surface area contributed by atoms with Crippen LogP contribution < -0.4 is 0 Å². The Kier molecular flexibility index (Phi) is 3.10. The van der Waals surface area contributed by atoms with Crippen LogP contribution in [0.2, 0.25) is 0 Å². The Bertz CT molecular complexity index is 251. The zero-order valence-electron chi connectivity index (χ0n) is 8.62. The minimum Gasteiger partial charge on any atom is -0.385 e. The van der Waals surface area contributed by atoms with Gasteiger partial charge in [-0.25, -0.2) is 0 Å². The van der Waals surface area contributed by atoms with Crippen molar-refractivity contribution in [2.75, 3.05) is 0 Å². The first-order valence-corrected chi connectivity index (χ1v) is 4.87. The largest absolute Gasteiger partial charge is 0.385 e. The van der Waals surface area contributed by atoms with Crippen LogP contribution in [0.15, 0.2) is 30.3 Å². The van der Waals surface area contributed by atoms with E-state index in [4.69, 9.17) is 0 Å². The van der Waals surface area contributed by atoms with E-state index in [0.717, 1.165) is 12.0 Å². The van der Waals surface area contributed by atoms with E-state index in [1.807, 2.05) is 37.3 Å². The standard InChI is InChI=1S/C12H18O/c1-4-10(2)12(3,13)11-8-6-5-7-9-11/h5-10,13H,4H2,1-3H3. The molecular formula is C12H18O. The predicted octanol–water partition coefficient (Wildman–Crippen LogP) is 2.94. The van der Waals surface area contributed by atoms with E-state index in [1.165, 1.54) is 0 Å². The Balaban J connectivity index is 2.93. The Morgan fingerprint density at radius 2 is 1.85 bits per heavy atom. The van der Waals surface area contributed by atoms with Crippen LogP contribution in [0, 0.1) is 5.92 Å². The van der Waals surface area contributed by atoms with Gasteiger partial charge in [0.2, 0.25) is 0 Å². The van der Waals surface area contributed by atoms with Crippen LogP contribution in [0.4, 0.5) is 0 Å². The van der Waals surface area contributed by atoms with Crippen molar-refractivity contribution in [3.8, 4) is 0 Å². The summed E-state index contributed by atoms with van der Waals surface area (Å²) in [6.07, 6.45) is 0.988. The van der Waals surface area contributed by atoms with Crippen molar-refractivity contribution in [3.05, 3.63) is 35.9 Å². The summed E-state index contributed by atoms with van der Waals surface area (Å²) in [5.74, 6) is 0.287. The Morgan fingerprint density at radius 1 is 1.31 bits per heavy atom. The predicted molar refractivity (Wildman–Crippen MR) is 55.5 cm³/mol. The van der Waals surface area contributed by atoms with Crippen molar-refractivity contribution >= 4 is 0 Å². The van der Waals surface area contributed by atoms with E-state index < -0.39 is 5.60 Å². The fourth-order valence-electron chi connectivity index (χ4n) is 1.46. The van der Waals surface area contributed by atoms with Gasteiger partial charge in [0, 0.05) is 0 Å². The molecule has 0 fully saturated rings. The molecule has 1 aromatic carbocycles. The molecule has 0 saturated carbocycles. The van der Waals surface area contributed by atoms with Gasteiger partial charge in [0.05, 0.1) is 5.60 Å². The summed E-state index contributed by atoms with van der Waals surface area (Å²) in [6, 6.07) is 9.85. The third kappa shape index (κ3) is 2.10. The summed E-state index contributed by atoms with van der Waals surface area (Å²) in [7, 11) is 0. The summed E-state index contributed by atoms with van der Waals surface area (Å²) < 4.78 is 0. The van der Waals surface area contributed by atoms with E-state index in [9.17, 15) is 5.11 Å². The molecule has 2 unspecified atom stereocenters. The molecule has 0 radical (unpaired) electrons. The fraction of sp³-hybridized carbons (Fsp3) is 0.500. The molecule has 0 bridgehead atoms. The van der Waals surface area contributed by atoms with Gasteiger partial charge >= 0.3 is 0 Å². The lowest BCUT2D eigenvalue weighted by atomic mass is 9.83. The Labute approximate surface area is 80.4 Å². The smallest absolute Gasteiger partial charge is 0.0893 e. The van der Waals surface area contributed by atoms with Gasteiger partial charge in [0.25, 0.3) is 0 Å². The average Bonchev–Trinajstić information content (AvgIpc) is 2.18. The summed E-state index contributed by atoms with van der Waals surface area (Å²) in [4.78, 5) is 0. The molecule has 1 nitrogen and oxygen atoms in total. The first kappa shape index (κ1) is 10.3. The van der Waals surface area contributed by atoms with Crippen molar-refractivity contribution in [2.45, 2.75) is 32.8 Å². The van der Waals surface area contributed by atoms with Gasteiger partial charge in [-0.05, 0) is 18.4 Å². The Morgan fingerprint density at radius 3 is 2.31 bits per heavy atom. The average molecular weight is 178 g/mol. The van der Waals surface area contributed by atoms with Crippen LogP contribution >= 0.6 is 0 Å². The lowest BCUT2D eigenvalue weighted by molar-refractivity contribution is 0.0000222. The first-order valence-electron chi connectivity index (χ1n) is 4.87. The molecule has 1 rings (SSSR count). The molecule has 0 heterocycles.